The molecule has 0 saturated carbocycles. The predicted molar refractivity (Wildman–Crippen MR) is 44.3 cm³/mol. The van der Waals surface area contributed by atoms with Crippen molar-refractivity contribution in [2.24, 2.45) is 0 Å². The molecule has 0 radical (unpaired) electrons. The molecule has 9 heavy (non-hydrogen) atoms. The van der Waals surface area contributed by atoms with Crippen LogP contribution in [0, 0.1) is 0 Å². The molecule has 0 bridgehead atoms. The van der Waals surface area contributed by atoms with Gasteiger partial charge >= 0.3 is 6.00 Å². The summed E-state index contributed by atoms with van der Waals surface area (Å²) in [6.45, 7) is 3.29. The Bertz CT molecular complexity index is 100. The van der Waals surface area contributed by atoms with Crippen molar-refractivity contribution in [3.05, 3.63) is 12.7 Å². The first-order chi connectivity index (χ1) is 4.02. The van der Waals surface area contributed by atoms with Crippen molar-refractivity contribution in [1.29, 1.82) is 0 Å². The monoisotopic (exact) mass is 204 g/mol. The van der Waals surface area contributed by atoms with Crippen LogP contribution in [0.2, 0.25) is 5.54 Å². The fourth-order valence-electron chi connectivity index (χ4n) is 0.312. The van der Waals surface area contributed by atoms with Crippen LogP contribution in [0.3, 0.4) is 0 Å². The second-order valence-corrected chi connectivity index (χ2v) is 10.5. The highest BCUT2D eigenvalue weighted by Crippen LogP contribution is 2.33. The molecule has 0 spiro atoms. The van der Waals surface area contributed by atoms with E-state index in [1.807, 2.05) is 0 Å². The zero-order chi connectivity index (χ0) is 7.49. The summed E-state index contributed by atoms with van der Waals surface area (Å²) in [4.78, 5) is 0. The van der Waals surface area contributed by atoms with Crippen LogP contribution in [0.15, 0.2) is 12.7 Å². The van der Waals surface area contributed by atoms with Gasteiger partial charge in [-0.15, -0.1) is 39.8 Å². The number of rotatable bonds is 3. The number of hydrogen-bond acceptors (Lipinski definition) is 1. The second-order valence-electron chi connectivity index (χ2n) is 1.57. The van der Waals surface area contributed by atoms with Crippen molar-refractivity contribution >= 4 is 39.2 Å². The summed E-state index contributed by atoms with van der Waals surface area (Å²) in [6, 6.07) is -2.74. The molecule has 1 atom stereocenters. The first kappa shape index (κ1) is 9.79. The number of hydrogen-bond donors (Lipinski definition) is 1. The molecule has 0 aromatic heterocycles. The largest absolute Gasteiger partial charge is 0.396 e. The van der Waals surface area contributed by atoms with E-state index in [2.05, 4.69) is 6.58 Å². The lowest BCUT2D eigenvalue weighted by Crippen LogP contribution is -2.20. The van der Waals surface area contributed by atoms with E-state index in [9.17, 15) is 0 Å². The van der Waals surface area contributed by atoms with Gasteiger partial charge in [0.25, 0.3) is 0 Å². The minimum Gasteiger partial charge on any atom is -0.396 e. The number of halogens is 3. The van der Waals surface area contributed by atoms with Gasteiger partial charge < -0.3 is 5.11 Å². The molecule has 0 aliphatic rings. The Kier molecular flexibility index (Phi) is 4.17. The van der Waals surface area contributed by atoms with Gasteiger partial charge in [0, 0.05) is 5.54 Å². The van der Waals surface area contributed by atoms with Gasteiger partial charge in [0.2, 0.25) is 0 Å². The van der Waals surface area contributed by atoms with Crippen molar-refractivity contribution in [3.8, 4) is 0 Å². The SMILES string of the molecule is C=CC(CO)[Si](Cl)(Cl)Cl. The Balaban J connectivity index is 3.94. The summed E-state index contributed by atoms with van der Waals surface area (Å²) < 4.78 is 0. The third-order valence-corrected chi connectivity index (χ3v) is 4.68. The summed E-state index contributed by atoms with van der Waals surface area (Å²) in [5, 5.41) is 8.57. The van der Waals surface area contributed by atoms with Crippen LogP contribution in [0.25, 0.3) is 0 Å². The molecule has 1 unspecified atom stereocenters. The van der Waals surface area contributed by atoms with Crippen LogP contribution < -0.4 is 0 Å². The molecule has 1 nitrogen and oxygen atoms in total. The zero-order valence-corrected chi connectivity index (χ0v) is 7.92. The quantitative estimate of drug-likeness (QED) is 0.425. The third-order valence-electron chi connectivity index (χ3n) is 0.902. The Labute approximate surface area is 69.3 Å². The van der Waals surface area contributed by atoms with E-state index in [0.717, 1.165) is 0 Å². The Morgan fingerprint density at radius 1 is 1.56 bits per heavy atom. The molecule has 0 fully saturated rings. The minimum atomic E-state index is -2.74. The summed E-state index contributed by atoms with van der Waals surface area (Å²) in [6.07, 6.45) is 1.47. The topological polar surface area (TPSA) is 20.2 Å². The highest BCUT2D eigenvalue weighted by atomic mass is 35.8. The van der Waals surface area contributed by atoms with Gasteiger partial charge in [-0.05, 0) is 0 Å². The lowest BCUT2D eigenvalue weighted by Gasteiger charge is -2.14. The summed E-state index contributed by atoms with van der Waals surface area (Å²) in [7, 11) is 0. The molecular formula is C4H7Cl3OSi. The molecule has 5 heteroatoms. The van der Waals surface area contributed by atoms with Gasteiger partial charge in [-0.25, -0.2) is 0 Å². The van der Waals surface area contributed by atoms with Crippen molar-refractivity contribution in [3.63, 3.8) is 0 Å². The standard InChI is InChI=1S/C4H7Cl3OSi/c1-2-4(3-8)9(5,6)7/h2,4,8H,1,3H2. The Morgan fingerprint density at radius 3 is 2.00 bits per heavy atom. The van der Waals surface area contributed by atoms with Gasteiger partial charge in [-0.3, -0.25) is 0 Å². The van der Waals surface area contributed by atoms with Crippen molar-refractivity contribution in [1.82, 2.24) is 0 Å². The predicted octanol–water partition coefficient (Wildman–Crippen LogP) is 2.19. The average molecular weight is 206 g/mol. The van der Waals surface area contributed by atoms with E-state index in [1.54, 1.807) is 0 Å². The molecule has 0 saturated heterocycles. The van der Waals surface area contributed by atoms with E-state index in [1.165, 1.54) is 6.08 Å². The van der Waals surface area contributed by atoms with Crippen LogP contribution in [0.4, 0.5) is 0 Å². The Morgan fingerprint density at radius 2 is 2.00 bits per heavy atom. The van der Waals surface area contributed by atoms with Gasteiger partial charge in [-0.2, -0.15) is 0 Å². The highest BCUT2D eigenvalue weighted by Gasteiger charge is 2.33. The molecular weight excluding hydrogens is 198 g/mol. The fourth-order valence-corrected chi connectivity index (χ4v) is 2.21. The normalized spacial score (nSPS) is 15.1. The zero-order valence-electron chi connectivity index (χ0n) is 4.65. The van der Waals surface area contributed by atoms with Crippen LogP contribution in [0.1, 0.15) is 0 Å². The van der Waals surface area contributed by atoms with Crippen LogP contribution in [-0.2, 0) is 0 Å². The first-order valence-corrected chi connectivity index (χ1v) is 7.43. The molecule has 1 N–H and O–H groups in total. The van der Waals surface area contributed by atoms with E-state index < -0.39 is 6.00 Å². The highest BCUT2D eigenvalue weighted by molar-refractivity contribution is 7.65. The number of aliphatic hydroxyl groups is 1. The van der Waals surface area contributed by atoms with Crippen molar-refractivity contribution in [2.75, 3.05) is 6.61 Å². The fraction of sp³-hybridized carbons (Fsp3) is 0.500. The maximum absolute atomic E-state index is 8.57. The molecule has 0 aliphatic heterocycles. The van der Waals surface area contributed by atoms with Crippen LogP contribution in [0.5, 0.6) is 0 Å². The van der Waals surface area contributed by atoms with Crippen LogP contribution >= 0.6 is 33.2 Å². The smallest absolute Gasteiger partial charge is 0.350 e. The van der Waals surface area contributed by atoms with Crippen molar-refractivity contribution in [2.45, 2.75) is 5.54 Å². The lowest BCUT2D eigenvalue weighted by atomic mass is 10.4. The molecule has 0 aliphatic carbocycles. The van der Waals surface area contributed by atoms with Gasteiger partial charge in [0.05, 0.1) is 6.61 Å². The summed E-state index contributed by atoms with van der Waals surface area (Å²) in [5.74, 6) is 0. The molecule has 0 aromatic carbocycles. The average Bonchev–Trinajstić information content (AvgIpc) is 1.65. The maximum atomic E-state index is 8.57. The van der Waals surface area contributed by atoms with Gasteiger partial charge in [0.1, 0.15) is 0 Å². The van der Waals surface area contributed by atoms with E-state index in [4.69, 9.17) is 38.3 Å². The van der Waals surface area contributed by atoms with E-state index in [-0.39, 0.29) is 12.1 Å². The molecule has 0 rings (SSSR count). The minimum absolute atomic E-state index is 0.133. The van der Waals surface area contributed by atoms with Crippen LogP contribution in [-0.4, -0.2) is 17.7 Å². The first-order valence-electron chi connectivity index (χ1n) is 2.32. The molecule has 0 heterocycles. The second kappa shape index (κ2) is 3.83. The van der Waals surface area contributed by atoms with E-state index >= 15 is 0 Å². The number of aliphatic hydroxyl groups excluding tert-OH is 1. The van der Waals surface area contributed by atoms with Crippen molar-refractivity contribution < 1.29 is 5.11 Å². The molecule has 0 aromatic rings. The van der Waals surface area contributed by atoms with Gasteiger partial charge in [-0.1, -0.05) is 6.08 Å². The third kappa shape index (κ3) is 3.48. The van der Waals surface area contributed by atoms with Gasteiger partial charge in [0.15, 0.2) is 0 Å². The summed E-state index contributed by atoms with van der Waals surface area (Å²) >= 11 is 16.6. The maximum Gasteiger partial charge on any atom is 0.350 e. The van der Waals surface area contributed by atoms with E-state index in [0.29, 0.717) is 0 Å². The molecule has 54 valence electrons. The summed E-state index contributed by atoms with van der Waals surface area (Å²) in [5.41, 5.74) is -0.345. The Hall–Kier alpha value is 0.787. The molecule has 0 amide bonds. The lowest BCUT2D eigenvalue weighted by molar-refractivity contribution is 0.302.